The van der Waals surface area contributed by atoms with Crippen molar-refractivity contribution < 1.29 is 4.55 Å². The summed E-state index contributed by atoms with van der Waals surface area (Å²) in [5, 5.41) is 4.42. The van der Waals surface area contributed by atoms with E-state index in [4.69, 9.17) is 0 Å². The van der Waals surface area contributed by atoms with Crippen LogP contribution < -0.4 is 5.32 Å². The second-order valence-electron chi connectivity index (χ2n) is 4.56. The molecule has 2 N–H and O–H groups in total. The van der Waals surface area contributed by atoms with E-state index in [1.165, 1.54) is 15.6 Å². The fourth-order valence-corrected chi connectivity index (χ4v) is 4.01. The van der Waals surface area contributed by atoms with Gasteiger partial charge in [-0.2, -0.15) is 0 Å². The van der Waals surface area contributed by atoms with E-state index in [-0.39, 0.29) is 0 Å². The van der Waals surface area contributed by atoms with Crippen molar-refractivity contribution in [2.24, 2.45) is 0 Å². The SMILES string of the molecule is CNCCc1ccc2sc(S(C)(C)O)cc2c1. The second-order valence-corrected chi connectivity index (χ2v) is 8.89. The smallest absolute Gasteiger partial charge is 0.0656 e. The van der Waals surface area contributed by atoms with E-state index in [1.54, 1.807) is 11.3 Å². The van der Waals surface area contributed by atoms with Crippen molar-refractivity contribution in [2.75, 3.05) is 26.1 Å². The van der Waals surface area contributed by atoms with Gasteiger partial charge in [0.1, 0.15) is 0 Å². The first-order valence-corrected chi connectivity index (χ1v) is 8.86. The van der Waals surface area contributed by atoms with E-state index in [0.29, 0.717) is 0 Å². The summed E-state index contributed by atoms with van der Waals surface area (Å²) in [5.74, 6) is 0. The number of thiophene rings is 1. The van der Waals surface area contributed by atoms with Crippen molar-refractivity contribution in [3.05, 3.63) is 29.8 Å². The summed E-state index contributed by atoms with van der Waals surface area (Å²) in [7, 11) is 0.383. The van der Waals surface area contributed by atoms with Crippen LogP contribution in [0.5, 0.6) is 0 Å². The molecule has 2 aromatic rings. The van der Waals surface area contributed by atoms with E-state index >= 15 is 0 Å². The van der Waals surface area contributed by atoms with Crippen LogP contribution in [0, 0.1) is 0 Å². The molecular weight excluding hydrogens is 250 g/mol. The topological polar surface area (TPSA) is 32.3 Å². The number of rotatable bonds is 4. The van der Waals surface area contributed by atoms with Gasteiger partial charge in [0.25, 0.3) is 0 Å². The summed E-state index contributed by atoms with van der Waals surface area (Å²) in [5.41, 5.74) is 1.35. The van der Waals surface area contributed by atoms with Crippen LogP contribution in [-0.2, 0) is 6.42 Å². The maximum Gasteiger partial charge on any atom is 0.0656 e. The summed E-state index contributed by atoms with van der Waals surface area (Å²) >= 11 is 1.71. The fourth-order valence-electron chi connectivity index (χ4n) is 1.74. The second kappa shape index (κ2) is 4.98. The van der Waals surface area contributed by atoms with Gasteiger partial charge in [-0.25, -0.2) is 0 Å². The first-order valence-electron chi connectivity index (χ1n) is 5.63. The molecule has 4 heteroatoms. The molecule has 1 aromatic carbocycles. The van der Waals surface area contributed by atoms with Crippen LogP contribution in [0.25, 0.3) is 10.1 Å². The van der Waals surface area contributed by atoms with E-state index in [0.717, 1.165) is 17.2 Å². The fraction of sp³-hybridized carbons (Fsp3) is 0.385. The molecule has 1 aromatic heterocycles. The van der Waals surface area contributed by atoms with Gasteiger partial charge >= 0.3 is 0 Å². The van der Waals surface area contributed by atoms with Crippen LogP contribution in [0.15, 0.2) is 28.5 Å². The molecule has 0 saturated carbocycles. The molecule has 0 amide bonds. The molecule has 2 rings (SSSR count). The van der Waals surface area contributed by atoms with Crippen molar-refractivity contribution in [1.82, 2.24) is 5.32 Å². The molecule has 2 nitrogen and oxygen atoms in total. The zero-order chi connectivity index (χ0) is 12.5. The molecule has 0 aliphatic heterocycles. The quantitative estimate of drug-likeness (QED) is 0.889. The standard InChI is InChI=1S/C13H19NOS2/c1-14-7-6-10-4-5-12-11(8-10)9-13(16-12)17(2,3)15/h4-5,8-9,14-15H,6-7H2,1-3H3. The van der Waals surface area contributed by atoms with Crippen molar-refractivity contribution in [1.29, 1.82) is 0 Å². The van der Waals surface area contributed by atoms with Crippen LogP contribution in [-0.4, -0.2) is 30.7 Å². The summed E-state index contributed by atoms with van der Waals surface area (Å²) in [4.78, 5) is 0. The van der Waals surface area contributed by atoms with Crippen LogP contribution in [0.2, 0.25) is 0 Å². The van der Waals surface area contributed by atoms with E-state index < -0.39 is 10.3 Å². The number of fused-ring (bicyclic) bond motifs is 1. The summed E-state index contributed by atoms with van der Waals surface area (Å²) < 4.78 is 12.5. The Balaban J connectivity index is 2.34. The minimum atomic E-state index is -1.59. The Morgan fingerprint density at radius 3 is 2.71 bits per heavy atom. The van der Waals surface area contributed by atoms with Crippen LogP contribution in [0.1, 0.15) is 5.56 Å². The van der Waals surface area contributed by atoms with E-state index in [2.05, 4.69) is 29.6 Å². The van der Waals surface area contributed by atoms with Gasteiger partial charge in [0.2, 0.25) is 0 Å². The highest BCUT2D eigenvalue weighted by molar-refractivity contribution is 8.29. The summed E-state index contributed by atoms with van der Waals surface area (Å²) in [6.07, 6.45) is 4.88. The molecule has 94 valence electrons. The highest BCUT2D eigenvalue weighted by Crippen LogP contribution is 2.50. The average Bonchev–Trinajstić information content (AvgIpc) is 2.68. The van der Waals surface area contributed by atoms with Crippen molar-refractivity contribution >= 4 is 31.7 Å². The Morgan fingerprint density at radius 2 is 2.06 bits per heavy atom. The Bertz CT molecular complexity index is 514. The number of hydrogen-bond donors (Lipinski definition) is 2. The average molecular weight is 269 g/mol. The molecule has 0 bridgehead atoms. The molecule has 0 aliphatic carbocycles. The van der Waals surface area contributed by atoms with Gasteiger partial charge in [0.15, 0.2) is 0 Å². The number of nitrogens with one attached hydrogen (secondary N) is 1. The molecule has 0 radical (unpaired) electrons. The maximum atomic E-state index is 10.1. The van der Waals surface area contributed by atoms with E-state index in [9.17, 15) is 4.55 Å². The molecule has 0 unspecified atom stereocenters. The van der Waals surface area contributed by atoms with Gasteiger partial charge in [0, 0.05) is 4.70 Å². The number of likely N-dealkylation sites (N-methyl/N-ethyl adjacent to an activating group) is 1. The Hall–Kier alpha value is -0.550. The normalized spacial score (nSPS) is 13.2. The molecule has 0 spiro atoms. The van der Waals surface area contributed by atoms with E-state index in [1.807, 2.05) is 19.6 Å². The van der Waals surface area contributed by atoms with Gasteiger partial charge in [-0.05, 0) is 55.6 Å². The third-order valence-corrected chi connectivity index (χ3v) is 6.20. The minimum absolute atomic E-state index is 0.999. The first kappa shape index (κ1) is 12.9. The minimum Gasteiger partial charge on any atom is -0.347 e. The zero-order valence-electron chi connectivity index (χ0n) is 10.5. The van der Waals surface area contributed by atoms with Crippen LogP contribution >= 0.6 is 21.6 Å². The predicted octanol–water partition coefficient (Wildman–Crippen LogP) is 3.56. The third-order valence-electron chi connectivity index (χ3n) is 2.71. The van der Waals surface area contributed by atoms with Crippen molar-refractivity contribution in [3.8, 4) is 0 Å². The largest absolute Gasteiger partial charge is 0.347 e. The van der Waals surface area contributed by atoms with Gasteiger partial charge in [-0.15, -0.1) is 21.6 Å². The molecular formula is C13H19NOS2. The van der Waals surface area contributed by atoms with Crippen molar-refractivity contribution in [2.45, 2.75) is 10.6 Å². The van der Waals surface area contributed by atoms with Gasteiger partial charge < -0.3 is 9.87 Å². The summed E-state index contributed by atoms with van der Waals surface area (Å²) in [6.45, 7) is 0.999. The zero-order valence-corrected chi connectivity index (χ0v) is 12.1. The Labute approximate surface area is 108 Å². The molecule has 0 saturated heterocycles. The Morgan fingerprint density at radius 1 is 1.29 bits per heavy atom. The summed E-state index contributed by atoms with van der Waals surface area (Å²) in [6, 6.07) is 8.72. The monoisotopic (exact) mass is 269 g/mol. The van der Waals surface area contributed by atoms with Crippen molar-refractivity contribution in [3.63, 3.8) is 0 Å². The van der Waals surface area contributed by atoms with Gasteiger partial charge in [-0.3, -0.25) is 0 Å². The number of hydrogen-bond acceptors (Lipinski definition) is 3. The van der Waals surface area contributed by atoms with Crippen LogP contribution in [0.4, 0.5) is 0 Å². The lowest BCUT2D eigenvalue weighted by atomic mass is 10.1. The lowest BCUT2D eigenvalue weighted by molar-refractivity contribution is 0.639. The predicted molar refractivity (Wildman–Crippen MR) is 79.8 cm³/mol. The highest BCUT2D eigenvalue weighted by atomic mass is 32.3. The molecule has 17 heavy (non-hydrogen) atoms. The maximum absolute atomic E-state index is 10.1. The molecule has 1 heterocycles. The lowest BCUT2D eigenvalue weighted by Gasteiger charge is -2.20. The number of benzene rings is 1. The highest BCUT2D eigenvalue weighted by Gasteiger charge is 2.13. The van der Waals surface area contributed by atoms with Gasteiger partial charge in [-0.1, -0.05) is 12.1 Å². The lowest BCUT2D eigenvalue weighted by Crippen LogP contribution is -2.09. The molecule has 0 aliphatic rings. The Kier molecular flexibility index (Phi) is 3.78. The molecule has 0 atom stereocenters. The van der Waals surface area contributed by atoms with Crippen LogP contribution in [0.3, 0.4) is 0 Å². The third kappa shape index (κ3) is 3.01. The first-order chi connectivity index (χ1) is 8.00. The molecule has 0 fully saturated rings. The van der Waals surface area contributed by atoms with Gasteiger partial charge in [0.05, 0.1) is 4.21 Å².